The van der Waals surface area contributed by atoms with E-state index in [9.17, 15) is 4.79 Å². The molecule has 0 atom stereocenters. The van der Waals surface area contributed by atoms with Gasteiger partial charge in [0.2, 0.25) is 0 Å². The lowest BCUT2D eigenvalue weighted by molar-refractivity contribution is 0.0951. The van der Waals surface area contributed by atoms with E-state index in [0.717, 1.165) is 23.6 Å². The summed E-state index contributed by atoms with van der Waals surface area (Å²) < 4.78 is 7.48. The van der Waals surface area contributed by atoms with Gasteiger partial charge in [-0.3, -0.25) is 9.48 Å². The van der Waals surface area contributed by atoms with E-state index in [4.69, 9.17) is 4.74 Å². The predicted molar refractivity (Wildman–Crippen MR) is 86.0 cm³/mol. The van der Waals surface area contributed by atoms with Crippen molar-refractivity contribution in [2.24, 2.45) is 0 Å². The molecule has 0 saturated heterocycles. The fourth-order valence-electron chi connectivity index (χ4n) is 2.21. The fraction of sp³-hybridized carbons (Fsp3) is 0.412. The minimum Gasteiger partial charge on any atom is -0.491 e. The third kappa shape index (κ3) is 3.87. The summed E-state index contributed by atoms with van der Waals surface area (Å²) in [6, 6.07) is 7.18. The van der Waals surface area contributed by atoms with Crippen LogP contribution in [0.1, 0.15) is 42.4 Å². The first-order valence-corrected chi connectivity index (χ1v) is 7.57. The zero-order chi connectivity index (χ0) is 16.1. The molecule has 0 fully saturated rings. The third-order valence-electron chi connectivity index (χ3n) is 3.43. The summed E-state index contributed by atoms with van der Waals surface area (Å²) in [6.07, 6.45) is 1.93. The van der Waals surface area contributed by atoms with Gasteiger partial charge < -0.3 is 10.1 Å². The first kappa shape index (κ1) is 16.1. The average Bonchev–Trinajstić information content (AvgIpc) is 2.85. The van der Waals surface area contributed by atoms with Gasteiger partial charge in [-0.25, -0.2) is 0 Å². The lowest BCUT2D eigenvalue weighted by Gasteiger charge is -2.10. The van der Waals surface area contributed by atoms with Crippen LogP contribution in [-0.4, -0.2) is 21.8 Å². The summed E-state index contributed by atoms with van der Waals surface area (Å²) in [5, 5.41) is 7.19. The van der Waals surface area contributed by atoms with Crippen molar-refractivity contribution in [1.29, 1.82) is 0 Å². The second-order valence-corrected chi connectivity index (χ2v) is 5.44. The smallest absolute Gasteiger partial charge is 0.251 e. The molecule has 1 aromatic heterocycles. The minimum atomic E-state index is -0.0975. The second-order valence-electron chi connectivity index (χ2n) is 5.44. The molecule has 118 valence electrons. The van der Waals surface area contributed by atoms with E-state index in [1.54, 1.807) is 18.3 Å². The summed E-state index contributed by atoms with van der Waals surface area (Å²) >= 11 is 0. The number of nitrogens with one attached hydrogen (secondary N) is 1. The molecular formula is C17H23N3O2. The van der Waals surface area contributed by atoms with Crippen LogP contribution in [0.5, 0.6) is 5.75 Å². The van der Waals surface area contributed by atoms with E-state index in [1.165, 1.54) is 0 Å². The molecule has 2 aromatic rings. The summed E-state index contributed by atoms with van der Waals surface area (Å²) in [7, 11) is 0. The molecule has 1 heterocycles. The molecule has 2 rings (SSSR count). The molecule has 0 unspecified atom stereocenters. The Morgan fingerprint density at radius 1 is 1.32 bits per heavy atom. The molecule has 22 heavy (non-hydrogen) atoms. The van der Waals surface area contributed by atoms with Crippen molar-refractivity contribution in [2.75, 3.05) is 0 Å². The molecule has 0 aliphatic heterocycles. The van der Waals surface area contributed by atoms with Crippen LogP contribution in [0.15, 0.2) is 30.5 Å². The maximum atomic E-state index is 12.2. The van der Waals surface area contributed by atoms with Crippen LogP contribution in [0, 0.1) is 6.92 Å². The van der Waals surface area contributed by atoms with Gasteiger partial charge in [0.1, 0.15) is 5.75 Å². The van der Waals surface area contributed by atoms with Crippen molar-refractivity contribution in [1.82, 2.24) is 15.1 Å². The molecule has 5 heteroatoms. The second kappa shape index (κ2) is 7.11. The molecule has 0 aliphatic rings. The zero-order valence-electron chi connectivity index (χ0n) is 13.6. The van der Waals surface area contributed by atoms with Gasteiger partial charge in [-0.1, -0.05) is 0 Å². The van der Waals surface area contributed by atoms with Crippen molar-refractivity contribution >= 4 is 5.91 Å². The number of nitrogens with zero attached hydrogens (tertiary/aromatic N) is 2. The standard InChI is InChI=1S/C17H23N3O2/c1-5-20-13(4)15(11-19-20)10-18-17(21)14-6-8-16(9-7-14)22-12(2)3/h6-9,11-12H,5,10H2,1-4H3,(H,18,21). The lowest BCUT2D eigenvalue weighted by atomic mass is 10.2. The number of ether oxygens (including phenoxy) is 1. The van der Waals surface area contributed by atoms with Gasteiger partial charge in [0, 0.05) is 29.9 Å². The van der Waals surface area contributed by atoms with Gasteiger partial charge in [0.15, 0.2) is 0 Å². The van der Waals surface area contributed by atoms with Gasteiger partial charge >= 0.3 is 0 Å². The van der Waals surface area contributed by atoms with E-state index in [-0.39, 0.29) is 12.0 Å². The Labute approximate surface area is 131 Å². The van der Waals surface area contributed by atoms with Crippen molar-refractivity contribution in [3.05, 3.63) is 47.3 Å². The number of rotatable bonds is 6. The molecule has 0 spiro atoms. The van der Waals surface area contributed by atoms with Crippen molar-refractivity contribution < 1.29 is 9.53 Å². The topological polar surface area (TPSA) is 56.2 Å². The highest BCUT2D eigenvalue weighted by Crippen LogP contribution is 2.14. The number of carbonyl (C=O) groups excluding carboxylic acids is 1. The van der Waals surface area contributed by atoms with Gasteiger partial charge in [-0.15, -0.1) is 0 Å². The Kier molecular flexibility index (Phi) is 5.20. The van der Waals surface area contributed by atoms with Gasteiger partial charge in [0.25, 0.3) is 5.91 Å². The fourth-order valence-corrected chi connectivity index (χ4v) is 2.21. The molecule has 0 saturated carbocycles. The Bertz CT molecular complexity index is 630. The number of aromatic nitrogens is 2. The number of aryl methyl sites for hydroxylation is 1. The van der Waals surface area contributed by atoms with E-state index in [1.807, 2.05) is 44.5 Å². The first-order chi connectivity index (χ1) is 10.5. The van der Waals surface area contributed by atoms with Crippen LogP contribution < -0.4 is 10.1 Å². The number of hydrogen-bond acceptors (Lipinski definition) is 3. The quantitative estimate of drug-likeness (QED) is 0.892. The Morgan fingerprint density at radius 2 is 2.00 bits per heavy atom. The maximum Gasteiger partial charge on any atom is 0.251 e. The summed E-state index contributed by atoms with van der Waals surface area (Å²) in [5.74, 6) is 0.673. The highest BCUT2D eigenvalue weighted by molar-refractivity contribution is 5.94. The van der Waals surface area contributed by atoms with Gasteiger partial charge in [0.05, 0.1) is 12.3 Å². The Morgan fingerprint density at radius 3 is 2.55 bits per heavy atom. The van der Waals surface area contributed by atoms with Crippen LogP contribution in [0.4, 0.5) is 0 Å². The number of benzene rings is 1. The van der Waals surface area contributed by atoms with Crippen LogP contribution >= 0.6 is 0 Å². The first-order valence-electron chi connectivity index (χ1n) is 7.57. The largest absolute Gasteiger partial charge is 0.491 e. The monoisotopic (exact) mass is 301 g/mol. The van der Waals surface area contributed by atoms with Gasteiger partial charge in [-0.2, -0.15) is 5.10 Å². The molecule has 0 bridgehead atoms. The number of hydrogen-bond donors (Lipinski definition) is 1. The van der Waals surface area contributed by atoms with E-state index in [0.29, 0.717) is 12.1 Å². The number of carbonyl (C=O) groups is 1. The van der Waals surface area contributed by atoms with E-state index < -0.39 is 0 Å². The summed E-state index contributed by atoms with van der Waals surface area (Å²) in [5.41, 5.74) is 2.75. The van der Waals surface area contributed by atoms with Crippen molar-refractivity contribution in [3.63, 3.8) is 0 Å². The van der Waals surface area contributed by atoms with Crippen molar-refractivity contribution in [2.45, 2.75) is 46.9 Å². The molecule has 1 aromatic carbocycles. The van der Waals surface area contributed by atoms with Crippen molar-refractivity contribution in [3.8, 4) is 5.75 Å². The normalized spacial score (nSPS) is 10.8. The number of amides is 1. The van der Waals surface area contributed by atoms with E-state index in [2.05, 4.69) is 10.4 Å². The molecule has 1 N–H and O–H groups in total. The zero-order valence-corrected chi connectivity index (χ0v) is 13.6. The maximum absolute atomic E-state index is 12.2. The minimum absolute atomic E-state index is 0.0975. The molecule has 1 amide bonds. The summed E-state index contributed by atoms with van der Waals surface area (Å²) in [6.45, 7) is 9.31. The highest BCUT2D eigenvalue weighted by Gasteiger charge is 2.09. The highest BCUT2D eigenvalue weighted by atomic mass is 16.5. The lowest BCUT2D eigenvalue weighted by Crippen LogP contribution is -2.23. The SMILES string of the molecule is CCn1ncc(CNC(=O)c2ccc(OC(C)C)cc2)c1C. The molecule has 5 nitrogen and oxygen atoms in total. The molecular weight excluding hydrogens is 278 g/mol. The third-order valence-corrected chi connectivity index (χ3v) is 3.43. The van der Waals surface area contributed by atoms with E-state index >= 15 is 0 Å². The Balaban J connectivity index is 1.95. The average molecular weight is 301 g/mol. The molecule has 0 radical (unpaired) electrons. The Hall–Kier alpha value is -2.30. The summed E-state index contributed by atoms with van der Waals surface area (Å²) in [4.78, 5) is 12.2. The predicted octanol–water partition coefficient (Wildman–Crippen LogP) is 2.93. The van der Waals surface area contributed by atoms with Crippen LogP contribution in [0.25, 0.3) is 0 Å². The van der Waals surface area contributed by atoms with Gasteiger partial charge in [-0.05, 0) is 52.0 Å². The van der Waals surface area contributed by atoms with Crippen LogP contribution in [0.3, 0.4) is 0 Å². The van der Waals surface area contributed by atoms with Crippen LogP contribution in [-0.2, 0) is 13.1 Å². The molecule has 0 aliphatic carbocycles. The van der Waals surface area contributed by atoms with Crippen LogP contribution in [0.2, 0.25) is 0 Å².